The van der Waals surface area contributed by atoms with E-state index in [4.69, 9.17) is 4.98 Å². The van der Waals surface area contributed by atoms with Crippen LogP contribution in [0, 0.1) is 0 Å². The van der Waals surface area contributed by atoms with Gasteiger partial charge in [0.1, 0.15) is 0 Å². The van der Waals surface area contributed by atoms with Crippen LogP contribution in [-0.2, 0) is 4.57 Å². The summed E-state index contributed by atoms with van der Waals surface area (Å²) in [5.74, 6) is 0. The number of pyridine rings is 1. The Hall–Kier alpha value is -4.00. The fourth-order valence-electron chi connectivity index (χ4n) is 4.58. The third kappa shape index (κ3) is 3.44. The maximum atomic E-state index is 14.6. The number of rotatable bonds is 4. The maximum absolute atomic E-state index is 14.6. The summed E-state index contributed by atoms with van der Waals surface area (Å²) in [6.45, 7) is 0. The minimum atomic E-state index is -2.98. The zero-order chi connectivity index (χ0) is 23.0. The van der Waals surface area contributed by atoms with Gasteiger partial charge in [0.25, 0.3) is 0 Å². The van der Waals surface area contributed by atoms with Gasteiger partial charge in [-0.25, -0.2) is 4.98 Å². The highest BCUT2D eigenvalue weighted by Gasteiger charge is 2.29. The van der Waals surface area contributed by atoms with Crippen molar-refractivity contribution < 1.29 is 4.57 Å². The van der Waals surface area contributed by atoms with Gasteiger partial charge in [-0.3, -0.25) is 0 Å². The van der Waals surface area contributed by atoms with Crippen LogP contribution < -0.4 is 15.9 Å². The van der Waals surface area contributed by atoms with Crippen molar-refractivity contribution in [3.63, 3.8) is 0 Å². The molecule has 0 aliphatic heterocycles. The third-order valence-electron chi connectivity index (χ3n) is 6.35. The van der Waals surface area contributed by atoms with Crippen molar-refractivity contribution in [1.82, 2.24) is 4.98 Å². The van der Waals surface area contributed by atoms with Crippen molar-refractivity contribution in [2.24, 2.45) is 0 Å². The molecule has 0 spiro atoms. The lowest BCUT2D eigenvalue weighted by atomic mass is 10.0. The molecule has 0 atom stereocenters. The summed E-state index contributed by atoms with van der Waals surface area (Å²) >= 11 is 0. The van der Waals surface area contributed by atoms with Gasteiger partial charge in [0.05, 0.1) is 11.2 Å². The Kier molecular flexibility index (Phi) is 5.09. The Morgan fingerprint density at radius 3 is 1.68 bits per heavy atom. The summed E-state index contributed by atoms with van der Waals surface area (Å²) in [6, 6.07) is 44.3. The lowest BCUT2D eigenvalue weighted by Crippen LogP contribution is -2.24. The topological polar surface area (TPSA) is 30.0 Å². The van der Waals surface area contributed by atoms with Gasteiger partial charge in [0, 0.05) is 32.2 Å². The van der Waals surface area contributed by atoms with E-state index in [9.17, 15) is 4.57 Å². The molecule has 0 saturated carbocycles. The minimum Gasteiger partial charge on any atom is -0.309 e. The van der Waals surface area contributed by atoms with Gasteiger partial charge in [0.15, 0.2) is 7.14 Å². The van der Waals surface area contributed by atoms with Crippen LogP contribution >= 0.6 is 7.14 Å². The summed E-state index contributed by atoms with van der Waals surface area (Å²) in [6.07, 6.45) is 0. The lowest BCUT2D eigenvalue weighted by Gasteiger charge is -2.20. The second kappa shape index (κ2) is 8.41. The number of hydrogen-bond donors (Lipinski definition) is 0. The quantitative estimate of drug-likeness (QED) is 0.219. The molecule has 0 aliphatic carbocycles. The van der Waals surface area contributed by atoms with Crippen LogP contribution in [0.15, 0.2) is 133 Å². The van der Waals surface area contributed by atoms with Crippen molar-refractivity contribution in [2.45, 2.75) is 0 Å². The predicted octanol–water partition coefficient (Wildman–Crippen LogP) is 6.69. The molecule has 0 fully saturated rings. The van der Waals surface area contributed by atoms with Crippen LogP contribution in [0.4, 0.5) is 0 Å². The molecule has 6 rings (SSSR count). The predicted molar refractivity (Wildman–Crippen MR) is 144 cm³/mol. The first kappa shape index (κ1) is 20.6. The number of fused-ring (bicyclic) bond motifs is 3. The average molecular weight is 455 g/mol. The van der Waals surface area contributed by atoms with Gasteiger partial charge in [-0.2, -0.15) is 0 Å². The van der Waals surface area contributed by atoms with Gasteiger partial charge in [-0.15, -0.1) is 0 Å². The van der Waals surface area contributed by atoms with E-state index in [1.54, 1.807) is 0 Å². The van der Waals surface area contributed by atoms with Crippen molar-refractivity contribution in [3.05, 3.63) is 133 Å². The Balaban J connectivity index is 1.47. The zero-order valence-corrected chi connectivity index (χ0v) is 19.4. The standard InChI is InChI=1S/C31H22NOP/c33-34(26-10-3-1-4-11-26,27-12-5-2-6-13-27)28-20-17-24(18-21-28)30-22-19-25-16-15-23-9-7-8-14-29(23)31(25)32-30/h1-22H. The van der Waals surface area contributed by atoms with E-state index in [1.165, 1.54) is 5.39 Å². The largest absolute Gasteiger partial charge is 0.309 e. The molecule has 1 heterocycles. The van der Waals surface area contributed by atoms with Gasteiger partial charge in [-0.1, -0.05) is 127 Å². The van der Waals surface area contributed by atoms with Crippen molar-refractivity contribution in [3.8, 4) is 11.3 Å². The molecule has 3 heteroatoms. The van der Waals surface area contributed by atoms with E-state index >= 15 is 0 Å². The van der Waals surface area contributed by atoms with Crippen LogP contribution in [0.1, 0.15) is 0 Å². The Morgan fingerprint density at radius 1 is 0.471 bits per heavy atom. The van der Waals surface area contributed by atoms with Gasteiger partial charge < -0.3 is 4.57 Å². The molecule has 1 aromatic heterocycles. The highest BCUT2D eigenvalue weighted by atomic mass is 31.2. The highest BCUT2D eigenvalue weighted by Crippen LogP contribution is 2.42. The van der Waals surface area contributed by atoms with Gasteiger partial charge >= 0.3 is 0 Å². The Bertz CT molecular complexity index is 1620. The SMILES string of the molecule is O=P(c1ccccc1)(c1ccccc1)c1ccc(-c2ccc3ccc4ccccc4c3n2)cc1. The molecule has 0 N–H and O–H groups in total. The van der Waals surface area contributed by atoms with E-state index in [2.05, 4.69) is 48.5 Å². The van der Waals surface area contributed by atoms with E-state index in [1.807, 2.05) is 84.9 Å². The molecule has 0 radical (unpaired) electrons. The molecular weight excluding hydrogens is 433 g/mol. The molecule has 0 bridgehead atoms. The number of nitrogens with zero attached hydrogens (tertiary/aromatic N) is 1. The zero-order valence-electron chi connectivity index (χ0n) is 18.5. The van der Waals surface area contributed by atoms with Crippen LogP contribution in [0.3, 0.4) is 0 Å². The lowest BCUT2D eigenvalue weighted by molar-refractivity contribution is 0.592. The molecule has 0 aliphatic rings. The fraction of sp³-hybridized carbons (Fsp3) is 0. The smallest absolute Gasteiger partial charge is 0.171 e. The molecule has 6 aromatic rings. The summed E-state index contributed by atoms with van der Waals surface area (Å²) in [5, 5.41) is 5.95. The van der Waals surface area contributed by atoms with E-state index in [0.717, 1.165) is 43.5 Å². The molecule has 5 aromatic carbocycles. The van der Waals surface area contributed by atoms with Crippen LogP contribution in [-0.4, -0.2) is 4.98 Å². The molecular formula is C31H22NOP. The van der Waals surface area contributed by atoms with Crippen molar-refractivity contribution in [2.75, 3.05) is 0 Å². The Morgan fingerprint density at radius 2 is 1.00 bits per heavy atom. The van der Waals surface area contributed by atoms with Crippen LogP contribution in [0.2, 0.25) is 0 Å². The maximum Gasteiger partial charge on any atom is 0.171 e. The van der Waals surface area contributed by atoms with Gasteiger partial charge in [0.2, 0.25) is 0 Å². The summed E-state index contributed by atoms with van der Waals surface area (Å²) in [7, 11) is -2.98. The summed E-state index contributed by atoms with van der Waals surface area (Å²) < 4.78 is 14.6. The van der Waals surface area contributed by atoms with Gasteiger partial charge in [-0.05, 0) is 11.5 Å². The first-order valence-corrected chi connectivity index (χ1v) is 13.0. The molecule has 0 unspecified atom stereocenters. The van der Waals surface area contributed by atoms with E-state index < -0.39 is 7.14 Å². The second-order valence-corrected chi connectivity index (χ2v) is 11.1. The first-order chi connectivity index (χ1) is 16.7. The first-order valence-electron chi connectivity index (χ1n) is 11.3. The van der Waals surface area contributed by atoms with Crippen molar-refractivity contribution in [1.29, 1.82) is 0 Å². The molecule has 0 amide bonds. The number of benzene rings is 5. The van der Waals surface area contributed by atoms with E-state index in [0.29, 0.717) is 0 Å². The highest BCUT2D eigenvalue weighted by molar-refractivity contribution is 7.85. The minimum absolute atomic E-state index is 0.819. The third-order valence-corrected chi connectivity index (χ3v) is 9.43. The summed E-state index contributed by atoms with van der Waals surface area (Å²) in [5.41, 5.74) is 2.91. The number of aromatic nitrogens is 1. The summed E-state index contributed by atoms with van der Waals surface area (Å²) in [4.78, 5) is 5.01. The fourth-order valence-corrected chi connectivity index (χ4v) is 7.23. The number of hydrogen-bond acceptors (Lipinski definition) is 2. The molecule has 0 saturated heterocycles. The molecule has 162 valence electrons. The monoisotopic (exact) mass is 455 g/mol. The van der Waals surface area contributed by atoms with Crippen LogP contribution in [0.5, 0.6) is 0 Å². The van der Waals surface area contributed by atoms with Crippen LogP contribution in [0.25, 0.3) is 32.9 Å². The Labute approximate surface area is 198 Å². The van der Waals surface area contributed by atoms with Crippen molar-refractivity contribution >= 4 is 44.7 Å². The molecule has 34 heavy (non-hydrogen) atoms. The second-order valence-electron chi connectivity index (χ2n) is 8.38. The normalized spacial score (nSPS) is 11.6. The van der Waals surface area contributed by atoms with E-state index in [-0.39, 0.29) is 0 Å². The molecule has 2 nitrogen and oxygen atoms in total. The average Bonchev–Trinajstić information content (AvgIpc) is 2.93.